The quantitative estimate of drug-likeness (QED) is 0.722. The first-order valence-electron chi connectivity index (χ1n) is 10.7. The van der Waals surface area contributed by atoms with Gasteiger partial charge in [-0.1, -0.05) is 12.1 Å². The lowest BCUT2D eigenvalue weighted by Crippen LogP contribution is -2.49. The van der Waals surface area contributed by atoms with Gasteiger partial charge in [-0.05, 0) is 42.2 Å². The third-order valence-electron chi connectivity index (χ3n) is 6.20. The number of carbonyl (C=O) groups is 1. The Bertz CT molecular complexity index is 1050. The van der Waals surface area contributed by atoms with Gasteiger partial charge < -0.3 is 24.7 Å². The van der Waals surface area contributed by atoms with Crippen molar-refractivity contribution in [3.8, 4) is 5.75 Å². The molecule has 2 aliphatic rings. The number of benzene rings is 2. The van der Waals surface area contributed by atoms with E-state index >= 15 is 0 Å². The van der Waals surface area contributed by atoms with Crippen LogP contribution in [0.1, 0.15) is 23.1 Å². The minimum atomic E-state index is 0.157. The van der Waals surface area contributed by atoms with Crippen LogP contribution in [-0.4, -0.2) is 43.6 Å². The molecule has 30 heavy (non-hydrogen) atoms. The van der Waals surface area contributed by atoms with Crippen molar-refractivity contribution in [2.45, 2.75) is 25.8 Å². The van der Waals surface area contributed by atoms with Crippen molar-refractivity contribution >= 4 is 22.6 Å². The van der Waals surface area contributed by atoms with Crippen LogP contribution in [-0.2, 0) is 24.2 Å². The second-order valence-electron chi connectivity index (χ2n) is 8.08. The third-order valence-corrected chi connectivity index (χ3v) is 6.20. The fourth-order valence-electron chi connectivity index (χ4n) is 4.40. The van der Waals surface area contributed by atoms with Crippen molar-refractivity contribution in [1.29, 1.82) is 0 Å². The summed E-state index contributed by atoms with van der Waals surface area (Å²) in [4.78, 5) is 17.2. The molecule has 2 aromatic carbocycles. The van der Waals surface area contributed by atoms with Gasteiger partial charge in [0.05, 0.1) is 19.3 Å². The Balaban J connectivity index is 1.24. The average Bonchev–Trinajstić information content (AvgIpc) is 3.19. The lowest BCUT2D eigenvalue weighted by atomic mass is 10.0. The van der Waals surface area contributed by atoms with Crippen LogP contribution in [0.4, 0.5) is 5.69 Å². The number of anilines is 1. The van der Waals surface area contributed by atoms with Gasteiger partial charge >= 0.3 is 0 Å². The minimum Gasteiger partial charge on any atom is -0.493 e. The fourth-order valence-corrected chi connectivity index (χ4v) is 4.40. The normalized spacial score (nSPS) is 16.4. The Hall–Kier alpha value is -2.99. The minimum absolute atomic E-state index is 0.157. The molecular formula is C24H27N3O3. The molecule has 0 unspecified atom stereocenters. The molecule has 2 aliphatic heterocycles. The summed E-state index contributed by atoms with van der Waals surface area (Å²) in [6.45, 7) is 4.46. The van der Waals surface area contributed by atoms with Gasteiger partial charge in [0.25, 0.3) is 0 Å². The largest absolute Gasteiger partial charge is 0.493 e. The molecule has 0 atom stereocenters. The molecule has 3 aromatic rings. The summed E-state index contributed by atoms with van der Waals surface area (Å²) in [6.07, 6.45) is 4.14. The van der Waals surface area contributed by atoms with E-state index in [9.17, 15) is 4.79 Å². The summed E-state index contributed by atoms with van der Waals surface area (Å²) in [5.74, 6) is 1.07. The second-order valence-corrected chi connectivity index (χ2v) is 8.08. The number of rotatable bonds is 4. The number of amides is 1. The molecule has 1 saturated heterocycles. The van der Waals surface area contributed by atoms with E-state index in [1.807, 2.05) is 11.0 Å². The zero-order chi connectivity index (χ0) is 20.5. The van der Waals surface area contributed by atoms with Crippen molar-refractivity contribution in [2.24, 2.45) is 5.73 Å². The lowest BCUT2D eigenvalue weighted by Gasteiger charge is -2.36. The van der Waals surface area contributed by atoms with Gasteiger partial charge in [0.1, 0.15) is 11.3 Å². The van der Waals surface area contributed by atoms with Gasteiger partial charge in [0.2, 0.25) is 5.91 Å². The first-order chi connectivity index (χ1) is 14.7. The van der Waals surface area contributed by atoms with Crippen LogP contribution in [0.15, 0.2) is 47.1 Å². The van der Waals surface area contributed by atoms with Crippen molar-refractivity contribution in [3.05, 3.63) is 59.4 Å². The van der Waals surface area contributed by atoms with Crippen molar-refractivity contribution in [1.82, 2.24) is 4.90 Å². The van der Waals surface area contributed by atoms with Crippen LogP contribution >= 0.6 is 0 Å². The van der Waals surface area contributed by atoms with E-state index in [1.165, 1.54) is 11.3 Å². The molecule has 1 fully saturated rings. The molecule has 0 radical (unpaired) electrons. The Morgan fingerprint density at radius 2 is 1.87 bits per heavy atom. The fraction of sp³-hybridized carbons (Fsp3) is 0.375. The molecule has 3 heterocycles. The molecule has 0 bridgehead atoms. The SMILES string of the molecule is NCc1ccc(N2CCN(C(=O)Cc3coc4cc5c(cc34)CCCO5)CC2)cc1. The summed E-state index contributed by atoms with van der Waals surface area (Å²) in [7, 11) is 0. The Morgan fingerprint density at radius 3 is 2.63 bits per heavy atom. The number of ether oxygens (including phenoxy) is 1. The maximum Gasteiger partial charge on any atom is 0.227 e. The number of aryl methyl sites for hydroxylation is 1. The summed E-state index contributed by atoms with van der Waals surface area (Å²) in [5.41, 5.74) is 11.0. The predicted molar refractivity (Wildman–Crippen MR) is 117 cm³/mol. The summed E-state index contributed by atoms with van der Waals surface area (Å²) in [5, 5.41) is 1.03. The van der Waals surface area contributed by atoms with Crippen LogP contribution in [0.3, 0.4) is 0 Å². The number of carbonyl (C=O) groups excluding carboxylic acids is 1. The number of fused-ring (bicyclic) bond motifs is 2. The molecule has 0 aliphatic carbocycles. The molecule has 5 rings (SSSR count). The third kappa shape index (κ3) is 3.63. The molecule has 1 amide bonds. The first kappa shape index (κ1) is 19.0. The van der Waals surface area contributed by atoms with Gasteiger partial charge in [0.15, 0.2) is 0 Å². The van der Waals surface area contributed by atoms with Crippen LogP contribution in [0, 0.1) is 0 Å². The van der Waals surface area contributed by atoms with Crippen molar-refractivity contribution < 1.29 is 13.9 Å². The molecule has 156 valence electrons. The van der Waals surface area contributed by atoms with Crippen molar-refractivity contribution in [2.75, 3.05) is 37.7 Å². The molecule has 2 N–H and O–H groups in total. The molecule has 6 nitrogen and oxygen atoms in total. The van der Waals surface area contributed by atoms with Crippen LogP contribution in [0.25, 0.3) is 11.0 Å². The Morgan fingerprint density at radius 1 is 1.07 bits per heavy atom. The second kappa shape index (κ2) is 8.03. The van der Waals surface area contributed by atoms with Gasteiger partial charge in [-0.2, -0.15) is 0 Å². The summed E-state index contributed by atoms with van der Waals surface area (Å²) in [6, 6.07) is 12.5. The highest BCUT2D eigenvalue weighted by Crippen LogP contribution is 2.33. The summed E-state index contributed by atoms with van der Waals surface area (Å²) < 4.78 is 11.5. The zero-order valence-electron chi connectivity index (χ0n) is 17.1. The van der Waals surface area contributed by atoms with Crippen LogP contribution < -0.4 is 15.4 Å². The highest BCUT2D eigenvalue weighted by Gasteiger charge is 2.23. The maximum absolute atomic E-state index is 13.0. The van der Waals surface area contributed by atoms with Gasteiger partial charge in [0, 0.05) is 55.4 Å². The van der Waals surface area contributed by atoms with Crippen LogP contribution in [0.2, 0.25) is 0 Å². The van der Waals surface area contributed by atoms with E-state index in [4.69, 9.17) is 14.9 Å². The number of furan rings is 1. The smallest absolute Gasteiger partial charge is 0.227 e. The number of hydrogen-bond acceptors (Lipinski definition) is 5. The predicted octanol–water partition coefficient (Wildman–Crippen LogP) is 3.11. The van der Waals surface area contributed by atoms with Crippen LogP contribution in [0.5, 0.6) is 5.75 Å². The molecular weight excluding hydrogens is 378 g/mol. The van der Waals surface area contributed by atoms with E-state index in [2.05, 4.69) is 35.2 Å². The van der Waals surface area contributed by atoms with E-state index in [1.54, 1.807) is 6.26 Å². The topological polar surface area (TPSA) is 71.9 Å². The Labute approximate surface area is 176 Å². The van der Waals surface area contributed by atoms with E-state index in [0.29, 0.717) is 13.0 Å². The number of piperazine rings is 1. The van der Waals surface area contributed by atoms with Crippen molar-refractivity contribution in [3.63, 3.8) is 0 Å². The lowest BCUT2D eigenvalue weighted by molar-refractivity contribution is -0.130. The highest BCUT2D eigenvalue weighted by molar-refractivity contribution is 5.89. The zero-order valence-corrected chi connectivity index (χ0v) is 17.1. The molecule has 0 saturated carbocycles. The van der Waals surface area contributed by atoms with Gasteiger partial charge in [-0.15, -0.1) is 0 Å². The first-order valence-corrected chi connectivity index (χ1v) is 10.7. The van der Waals surface area contributed by atoms with Gasteiger partial charge in [-0.3, -0.25) is 4.79 Å². The Kier molecular flexibility index (Phi) is 5.09. The number of nitrogens with two attached hydrogens (primary N) is 1. The van der Waals surface area contributed by atoms with E-state index in [0.717, 1.165) is 73.5 Å². The molecule has 0 spiro atoms. The maximum atomic E-state index is 13.0. The molecule has 6 heteroatoms. The average molecular weight is 405 g/mol. The van der Waals surface area contributed by atoms with E-state index < -0.39 is 0 Å². The monoisotopic (exact) mass is 405 g/mol. The van der Waals surface area contributed by atoms with Gasteiger partial charge in [-0.25, -0.2) is 0 Å². The molecule has 1 aromatic heterocycles. The number of hydrogen-bond donors (Lipinski definition) is 1. The highest BCUT2D eigenvalue weighted by atomic mass is 16.5. The summed E-state index contributed by atoms with van der Waals surface area (Å²) >= 11 is 0. The standard InChI is InChI=1S/C24H27N3O3/c25-15-17-3-5-20(6-4-17)26-7-9-27(10-8-26)24(28)13-19-16-30-23-14-22-18(12-21(19)23)2-1-11-29-22/h3-6,12,14,16H,1-2,7-11,13,15,25H2. The van der Waals surface area contributed by atoms with E-state index in [-0.39, 0.29) is 5.91 Å². The number of nitrogens with zero attached hydrogens (tertiary/aromatic N) is 2.